The minimum Gasteiger partial charge on any atom is -0.481 e. The van der Waals surface area contributed by atoms with Crippen LogP contribution in [0.25, 0.3) is 10.9 Å². The maximum atomic E-state index is 10.9. The summed E-state index contributed by atoms with van der Waals surface area (Å²) in [6.07, 6.45) is 0. The van der Waals surface area contributed by atoms with E-state index in [0.29, 0.717) is 0 Å². The number of carbonyl (C=O) groups is 1. The molecule has 0 unspecified atom stereocenters. The van der Waals surface area contributed by atoms with Gasteiger partial charge in [0, 0.05) is 23.0 Å². The fourth-order valence-electron chi connectivity index (χ4n) is 1.12. The Bertz CT molecular complexity index is 558. The molecule has 0 saturated carbocycles. The van der Waals surface area contributed by atoms with Gasteiger partial charge in [0.25, 0.3) is 5.97 Å². The third kappa shape index (κ3) is 3.86. The number of aromatic amines is 1. The largest absolute Gasteiger partial charge is 0.481 e. The van der Waals surface area contributed by atoms with Crippen LogP contribution >= 0.6 is 15.9 Å². The summed E-state index contributed by atoms with van der Waals surface area (Å²) in [5.74, 6) is -0.833. The van der Waals surface area contributed by atoms with Gasteiger partial charge < -0.3 is 10.1 Å². The van der Waals surface area contributed by atoms with Gasteiger partial charge in [0.2, 0.25) is 5.56 Å². The fourth-order valence-corrected chi connectivity index (χ4v) is 1.48. The van der Waals surface area contributed by atoms with Crippen LogP contribution in [0, 0.1) is 0 Å². The quantitative estimate of drug-likeness (QED) is 0.780. The van der Waals surface area contributed by atoms with E-state index >= 15 is 0 Å². The van der Waals surface area contributed by atoms with Gasteiger partial charge >= 0.3 is 0 Å². The van der Waals surface area contributed by atoms with Gasteiger partial charge in [-0.05, 0) is 23.6 Å². The van der Waals surface area contributed by atoms with Gasteiger partial charge in [-0.3, -0.25) is 9.59 Å². The molecule has 1 aromatic heterocycles. The van der Waals surface area contributed by atoms with Crippen LogP contribution in [0.4, 0.5) is 0 Å². The van der Waals surface area contributed by atoms with Crippen molar-refractivity contribution in [2.45, 2.75) is 6.92 Å². The highest BCUT2D eigenvalue weighted by Crippen LogP contribution is 2.15. The number of hydrogen-bond acceptors (Lipinski definition) is 2. The summed E-state index contributed by atoms with van der Waals surface area (Å²) in [5, 5.41) is 8.46. The summed E-state index contributed by atoms with van der Waals surface area (Å²) >= 11 is 3.33. The zero-order valence-electron chi connectivity index (χ0n) is 8.53. The van der Waals surface area contributed by atoms with E-state index in [1.807, 2.05) is 18.2 Å². The van der Waals surface area contributed by atoms with Crippen LogP contribution in [0.5, 0.6) is 0 Å². The fraction of sp³-hybridized carbons (Fsp3) is 0.0909. The number of aliphatic carboxylic acids is 1. The van der Waals surface area contributed by atoms with Gasteiger partial charge in [0.1, 0.15) is 0 Å². The summed E-state index contributed by atoms with van der Waals surface area (Å²) in [6.45, 7) is 1.08. The molecule has 0 bridgehead atoms. The van der Waals surface area contributed by atoms with E-state index in [4.69, 9.17) is 9.90 Å². The van der Waals surface area contributed by atoms with Crippen molar-refractivity contribution in [1.29, 1.82) is 0 Å². The number of halogens is 1. The molecule has 2 N–H and O–H groups in total. The predicted octanol–water partition coefficient (Wildman–Crippen LogP) is 2.38. The van der Waals surface area contributed by atoms with Crippen molar-refractivity contribution in [2.75, 3.05) is 0 Å². The molecule has 0 spiro atoms. The number of carboxylic acids is 1. The lowest BCUT2D eigenvalue weighted by Gasteiger charge is -1.96. The molecule has 0 aliphatic rings. The Balaban J connectivity index is 0.000000280. The van der Waals surface area contributed by atoms with E-state index in [1.54, 1.807) is 6.07 Å². The van der Waals surface area contributed by atoms with E-state index < -0.39 is 5.97 Å². The maximum Gasteiger partial charge on any atom is 0.300 e. The molecule has 1 aromatic carbocycles. The Labute approximate surface area is 100 Å². The summed E-state index contributed by atoms with van der Waals surface area (Å²) < 4.78 is 0.969. The number of H-pyrrole nitrogens is 1. The maximum absolute atomic E-state index is 10.9. The molecule has 0 fully saturated rings. The first-order chi connectivity index (χ1) is 7.49. The van der Waals surface area contributed by atoms with Crippen molar-refractivity contribution in [3.8, 4) is 0 Å². The molecule has 2 rings (SSSR count). The molecule has 16 heavy (non-hydrogen) atoms. The Morgan fingerprint density at radius 3 is 2.50 bits per heavy atom. The standard InChI is InChI=1S/C9H6BrNO.C2H4O2/c10-7-3-1-6-2-4-9(12)11-8(6)5-7;1-2(3)4/h1-5H,(H,11,12);1H3,(H,3,4). The normalized spacial score (nSPS) is 9.38. The topological polar surface area (TPSA) is 70.2 Å². The number of hydrogen-bond donors (Lipinski definition) is 2. The number of benzene rings is 1. The zero-order chi connectivity index (χ0) is 12.1. The number of nitrogens with one attached hydrogen (secondary N) is 1. The lowest BCUT2D eigenvalue weighted by molar-refractivity contribution is -0.134. The number of aromatic nitrogens is 1. The van der Waals surface area contributed by atoms with Crippen molar-refractivity contribution in [3.05, 3.63) is 45.2 Å². The van der Waals surface area contributed by atoms with Gasteiger partial charge in [0.15, 0.2) is 0 Å². The van der Waals surface area contributed by atoms with Crippen molar-refractivity contribution >= 4 is 32.8 Å². The molecule has 4 nitrogen and oxygen atoms in total. The molecule has 1 heterocycles. The van der Waals surface area contributed by atoms with Crippen molar-refractivity contribution in [3.63, 3.8) is 0 Å². The SMILES string of the molecule is CC(=O)O.O=c1ccc2ccc(Br)cc2[nH]1. The summed E-state index contributed by atoms with van der Waals surface area (Å²) in [7, 11) is 0. The number of carboxylic acid groups (broad SMARTS) is 1. The molecule has 5 heteroatoms. The van der Waals surface area contributed by atoms with Gasteiger partial charge in [-0.15, -0.1) is 0 Å². The predicted molar refractivity (Wildman–Crippen MR) is 65.6 cm³/mol. The van der Waals surface area contributed by atoms with Gasteiger partial charge in [-0.2, -0.15) is 0 Å². The molecular weight excluding hydrogens is 274 g/mol. The Morgan fingerprint density at radius 2 is 1.88 bits per heavy atom. The molecule has 0 saturated heterocycles. The second-order valence-electron chi connectivity index (χ2n) is 3.07. The lowest BCUT2D eigenvalue weighted by atomic mass is 10.2. The van der Waals surface area contributed by atoms with Crippen LogP contribution in [0.15, 0.2) is 39.6 Å². The van der Waals surface area contributed by atoms with Gasteiger partial charge in [0.05, 0.1) is 0 Å². The first-order valence-corrected chi connectivity index (χ1v) is 5.26. The third-order valence-corrected chi connectivity index (χ3v) is 2.18. The van der Waals surface area contributed by atoms with E-state index in [-0.39, 0.29) is 5.56 Å². The van der Waals surface area contributed by atoms with Gasteiger partial charge in [-0.25, -0.2) is 0 Å². The molecule has 84 valence electrons. The summed E-state index contributed by atoms with van der Waals surface area (Å²) in [5.41, 5.74) is 0.789. The third-order valence-electron chi connectivity index (χ3n) is 1.69. The van der Waals surface area contributed by atoms with E-state index in [2.05, 4.69) is 20.9 Å². The van der Waals surface area contributed by atoms with Crippen LogP contribution in [-0.4, -0.2) is 16.1 Å². The minimum absolute atomic E-state index is 0.0689. The van der Waals surface area contributed by atoms with Crippen LogP contribution in [-0.2, 0) is 4.79 Å². The summed E-state index contributed by atoms with van der Waals surface area (Å²) in [4.78, 5) is 22.7. The van der Waals surface area contributed by atoms with E-state index in [1.165, 1.54) is 6.07 Å². The second kappa shape index (κ2) is 5.46. The lowest BCUT2D eigenvalue weighted by Crippen LogP contribution is -2.01. The van der Waals surface area contributed by atoms with Crippen LogP contribution in [0.1, 0.15) is 6.92 Å². The Hall–Kier alpha value is -1.62. The Morgan fingerprint density at radius 1 is 1.31 bits per heavy atom. The molecule has 2 aromatic rings. The molecule has 0 aliphatic carbocycles. The molecule has 0 atom stereocenters. The minimum atomic E-state index is -0.833. The monoisotopic (exact) mass is 283 g/mol. The Kier molecular flexibility index (Phi) is 4.25. The number of pyridine rings is 1. The van der Waals surface area contributed by atoms with E-state index in [0.717, 1.165) is 22.3 Å². The summed E-state index contributed by atoms with van der Waals surface area (Å²) in [6, 6.07) is 9.11. The van der Waals surface area contributed by atoms with Crippen molar-refractivity contribution in [2.24, 2.45) is 0 Å². The molecule has 0 amide bonds. The first kappa shape index (κ1) is 12.4. The number of rotatable bonds is 0. The highest BCUT2D eigenvalue weighted by Gasteiger charge is 1.93. The van der Waals surface area contributed by atoms with Crippen LogP contribution < -0.4 is 5.56 Å². The highest BCUT2D eigenvalue weighted by molar-refractivity contribution is 9.10. The average molecular weight is 284 g/mol. The molecular formula is C11H10BrNO3. The van der Waals surface area contributed by atoms with E-state index in [9.17, 15) is 4.79 Å². The molecule has 0 aliphatic heterocycles. The first-order valence-electron chi connectivity index (χ1n) is 4.47. The van der Waals surface area contributed by atoms with Crippen molar-refractivity contribution < 1.29 is 9.90 Å². The van der Waals surface area contributed by atoms with Gasteiger partial charge in [-0.1, -0.05) is 22.0 Å². The number of fused-ring (bicyclic) bond motifs is 1. The zero-order valence-corrected chi connectivity index (χ0v) is 10.1. The van der Waals surface area contributed by atoms with Crippen LogP contribution in [0.2, 0.25) is 0 Å². The molecule has 0 radical (unpaired) electrons. The van der Waals surface area contributed by atoms with Crippen molar-refractivity contribution in [1.82, 2.24) is 4.98 Å². The smallest absolute Gasteiger partial charge is 0.300 e. The van der Waals surface area contributed by atoms with Crippen LogP contribution in [0.3, 0.4) is 0 Å². The highest BCUT2D eigenvalue weighted by atomic mass is 79.9. The average Bonchev–Trinajstić information content (AvgIpc) is 2.15. The second-order valence-corrected chi connectivity index (χ2v) is 3.99.